The maximum atomic E-state index is 9.22. The standard InChI is InChI=1S/C17H25N6.CH4O4S/c1-5-22-11-12-23(6-2)16-13-14(7-8-15(16)22)18-19-17-20(3)9-10-21(17)4;1-5-6(2,3)4/h7-10,13H,5-6,11-12H2,1-4H3;1H3,(H,2,3,4)/q+1;/p-1. The minimum atomic E-state index is -4.41. The van der Waals surface area contributed by atoms with Crippen molar-refractivity contribution in [1.29, 1.82) is 0 Å². The van der Waals surface area contributed by atoms with Gasteiger partial charge in [-0.3, -0.25) is 4.18 Å². The first-order valence-electron chi connectivity index (χ1n) is 9.28. The van der Waals surface area contributed by atoms with Crippen LogP contribution in [0.2, 0.25) is 0 Å². The third kappa shape index (κ3) is 5.99. The minimum absolute atomic E-state index is 0.808. The summed E-state index contributed by atoms with van der Waals surface area (Å²) in [6.45, 7) is 8.59. The average molecular weight is 425 g/mol. The van der Waals surface area contributed by atoms with Gasteiger partial charge in [-0.05, 0) is 32.0 Å². The molecule has 2 aromatic rings. The summed E-state index contributed by atoms with van der Waals surface area (Å²) in [6.07, 6.45) is 3.94. The topological polar surface area (TPSA) is 106 Å². The molecule has 0 fully saturated rings. The molecule has 29 heavy (non-hydrogen) atoms. The molecule has 0 saturated heterocycles. The van der Waals surface area contributed by atoms with Gasteiger partial charge in [0.1, 0.15) is 5.69 Å². The SMILES string of the molecule is CCN1CCN(CC)c2cc(N=Nc3n(C)cc[n+]3C)ccc21.COS(=O)(=O)[O-]. The fourth-order valence-electron chi connectivity index (χ4n) is 3.06. The molecule has 0 bridgehead atoms. The van der Waals surface area contributed by atoms with Crippen LogP contribution in [0, 0.1) is 0 Å². The van der Waals surface area contributed by atoms with Crippen LogP contribution >= 0.6 is 0 Å². The molecular formula is C18H28N6O4S. The second kappa shape index (κ2) is 9.81. The fraction of sp³-hybridized carbons (Fsp3) is 0.500. The van der Waals surface area contributed by atoms with Gasteiger partial charge in [0.2, 0.25) is 10.4 Å². The zero-order valence-electron chi connectivity index (χ0n) is 17.4. The van der Waals surface area contributed by atoms with Crippen molar-refractivity contribution in [2.75, 3.05) is 43.1 Å². The number of benzene rings is 1. The van der Waals surface area contributed by atoms with E-state index in [0.717, 1.165) is 44.9 Å². The minimum Gasteiger partial charge on any atom is -0.726 e. The van der Waals surface area contributed by atoms with Crippen molar-refractivity contribution in [1.82, 2.24) is 4.57 Å². The molecule has 1 aliphatic heterocycles. The van der Waals surface area contributed by atoms with Gasteiger partial charge in [0.05, 0.1) is 45.0 Å². The molecule has 10 nitrogen and oxygen atoms in total. The molecule has 2 heterocycles. The van der Waals surface area contributed by atoms with Crippen molar-refractivity contribution < 1.29 is 21.7 Å². The van der Waals surface area contributed by atoms with Crippen molar-refractivity contribution in [3.8, 4) is 0 Å². The van der Waals surface area contributed by atoms with Crippen LogP contribution < -0.4 is 14.4 Å². The van der Waals surface area contributed by atoms with E-state index in [0.29, 0.717) is 0 Å². The third-order valence-corrected chi connectivity index (χ3v) is 5.06. The highest BCUT2D eigenvalue weighted by Gasteiger charge is 2.21. The first-order chi connectivity index (χ1) is 13.7. The fourth-order valence-corrected chi connectivity index (χ4v) is 3.06. The van der Waals surface area contributed by atoms with Gasteiger partial charge in [-0.15, -0.1) is 0 Å². The summed E-state index contributed by atoms with van der Waals surface area (Å²) >= 11 is 0. The smallest absolute Gasteiger partial charge is 0.421 e. The van der Waals surface area contributed by atoms with Gasteiger partial charge < -0.3 is 14.4 Å². The highest BCUT2D eigenvalue weighted by atomic mass is 32.3. The van der Waals surface area contributed by atoms with E-state index < -0.39 is 10.4 Å². The Morgan fingerprint density at radius 1 is 1.14 bits per heavy atom. The molecule has 3 rings (SSSR count). The predicted octanol–water partition coefficient (Wildman–Crippen LogP) is 2.02. The number of likely N-dealkylation sites (N-methyl/N-ethyl adjacent to an activating group) is 2. The molecule has 0 saturated carbocycles. The van der Waals surface area contributed by atoms with Gasteiger partial charge in [0.25, 0.3) is 0 Å². The lowest BCUT2D eigenvalue weighted by Gasteiger charge is -2.38. The number of fused-ring (bicyclic) bond motifs is 1. The first-order valence-corrected chi connectivity index (χ1v) is 10.6. The maximum Gasteiger partial charge on any atom is 0.421 e. The number of azo groups is 1. The number of anilines is 2. The molecule has 0 spiro atoms. The second-order valence-corrected chi connectivity index (χ2v) is 7.58. The Bertz CT molecular complexity index is 938. The Morgan fingerprint density at radius 2 is 1.72 bits per heavy atom. The van der Waals surface area contributed by atoms with Crippen molar-refractivity contribution in [2.45, 2.75) is 13.8 Å². The Balaban J connectivity index is 0.000000438. The number of imidazole rings is 1. The molecule has 0 aliphatic carbocycles. The maximum absolute atomic E-state index is 9.22. The highest BCUT2D eigenvalue weighted by Crippen LogP contribution is 2.36. The molecular weight excluding hydrogens is 396 g/mol. The number of hydrogen-bond donors (Lipinski definition) is 0. The van der Waals surface area contributed by atoms with Gasteiger partial charge >= 0.3 is 5.95 Å². The third-order valence-electron chi connectivity index (χ3n) is 4.65. The van der Waals surface area contributed by atoms with Crippen LogP contribution in [0.5, 0.6) is 0 Å². The zero-order chi connectivity index (χ0) is 21.6. The van der Waals surface area contributed by atoms with E-state index >= 15 is 0 Å². The molecule has 11 heteroatoms. The summed E-state index contributed by atoms with van der Waals surface area (Å²) in [5.74, 6) is 0.824. The number of nitrogens with zero attached hydrogens (tertiary/aromatic N) is 6. The summed E-state index contributed by atoms with van der Waals surface area (Å²) in [4.78, 5) is 4.82. The van der Waals surface area contributed by atoms with Gasteiger partial charge in [-0.25, -0.2) is 17.6 Å². The number of rotatable bonds is 5. The highest BCUT2D eigenvalue weighted by molar-refractivity contribution is 7.80. The molecule has 1 aliphatic rings. The summed E-state index contributed by atoms with van der Waals surface area (Å²) < 4.78 is 34.9. The Labute approximate surface area is 172 Å². The van der Waals surface area contributed by atoms with Crippen molar-refractivity contribution in [3.05, 3.63) is 30.6 Å². The average Bonchev–Trinajstić information content (AvgIpc) is 3.02. The predicted molar refractivity (Wildman–Crippen MR) is 110 cm³/mol. The van der Waals surface area contributed by atoms with Crippen LogP contribution in [0.15, 0.2) is 40.8 Å². The van der Waals surface area contributed by atoms with E-state index in [-0.39, 0.29) is 0 Å². The lowest BCUT2D eigenvalue weighted by atomic mass is 10.1. The molecule has 0 radical (unpaired) electrons. The van der Waals surface area contributed by atoms with E-state index in [1.165, 1.54) is 11.4 Å². The number of hydrogen-bond acceptors (Lipinski definition) is 8. The quantitative estimate of drug-likeness (QED) is 0.315. The Hall–Kier alpha value is -2.50. The van der Waals surface area contributed by atoms with E-state index in [1.807, 2.05) is 41.7 Å². The molecule has 1 aromatic carbocycles. The lowest BCUT2D eigenvalue weighted by molar-refractivity contribution is -0.657. The summed E-state index contributed by atoms with van der Waals surface area (Å²) in [6, 6.07) is 6.36. The van der Waals surface area contributed by atoms with Crippen molar-refractivity contribution in [2.24, 2.45) is 24.3 Å². The van der Waals surface area contributed by atoms with Gasteiger partial charge in [-0.1, -0.05) is 5.11 Å². The molecule has 1 aromatic heterocycles. The van der Waals surface area contributed by atoms with Crippen LogP contribution in [0.4, 0.5) is 23.0 Å². The van der Waals surface area contributed by atoms with Crippen LogP contribution in [0.3, 0.4) is 0 Å². The Morgan fingerprint density at radius 3 is 2.21 bits per heavy atom. The largest absolute Gasteiger partial charge is 0.726 e. The van der Waals surface area contributed by atoms with E-state index in [4.69, 9.17) is 0 Å². The van der Waals surface area contributed by atoms with Crippen molar-refractivity contribution in [3.63, 3.8) is 0 Å². The van der Waals surface area contributed by atoms with Crippen LogP contribution in [-0.2, 0) is 28.7 Å². The molecule has 0 N–H and O–H groups in total. The lowest BCUT2D eigenvalue weighted by Crippen LogP contribution is -2.40. The normalized spacial score (nSPS) is 14.0. The number of aromatic nitrogens is 2. The molecule has 160 valence electrons. The summed E-state index contributed by atoms with van der Waals surface area (Å²) in [5, 5.41) is 8.83. The summed E-state index contributed by atoms with van der Waals surface area (Å²) in [7, 11) is 0.339. The van der Waals surface area contributed by atoms with Crippen molar-refractivity contribution >= 4 is 33.4 Å². The molecule has 0 unspecified atom stereocenters. The molecule has 0 atom stereocenters. The van der Waals surface area contributed by atoms with E-state index in [1.54, 1.807) is 0 Å². The van der Waals surface area contributed by atoms with Gasteiger partial charge in [0.15, 0.2) is 0 Å². The van der Waals surface area contributed by atoms with E-state index in [2.05, 4.69) is 50.2 Å². The van der Waals surface area contributed by atoms with Crippen LogP contribution in [0.1, 0.15) is 13.8 Å². The first kappa shape index (κ1) is 22.8. The second-order valence-electron chi connectivity index (χ2n) is 6.43. The monoisotopic (exact) mass is 424 g/mol. The van der Waals surface area contributed by atoms with Gasteiger partial charge in [0, 0.05) is 31.3 Å². The Kier molecular flexibility index (Phi) is 7.71. The van der Waals surface area contributed by atoms with E-state index in [9.17, 15) is 13.0 Å². The van der Waals surface area contributed by atoms with Gasteiger partial charge in [-0.2, -0.15) is 0 Å². The molecule has 0 amide bonds. The van der Waals surface area contributed by atoms with Crippen LogP contribution in [-0.4, -0.2) is 50.8 Å². The van der Waals surface area contributed by atoms with Crippen LogP contribution in [0.25, 0.3) is 0 Å². The zero-order valence-corrected chi connectivity index (χ0v) is 18.3. The number of aryl methyl sites for hydroxylation is 2. The summed E-state index contributed by atoms with van der Waals surface area (Å²) in [5.41, 5.74) is 3.44.